The largest absolute Gasteiger partial charge is 0.497 e. The number of nitrogens with zero attached hydrogens (tertiary/aromatic N) is 6. The Morgan fingerprint density at radius 1 is 1.00 bits per heavy atom. The zero-order chi connectivity index (χ0) is 27.3. The fraction of sp³-hybridized carbons (Fsp3) is 0.292. The van der Waals surface area contributed by atoms with Crippen molar-refractivity contribution in [2.24, 2.45) is 0 Å². The molecule has 0 aliphatic heterocycles. The van der Waals surface area contributed by atoms with Gasteiger partial charge >= 0.3 is 0 Å². The second-order valence-electron chi connectivity index (χ2n) is 8.11. The Kier molecular flexibility index (Phi) is 8.39. The average molecular weight is 560 g/mol. The third-order valence-corrected chi connectivity index (χ3v) is 7.60. The van der Waals surface area contributed by atoms with Crippen molar-refractivity contribution in [2.75, 3.05) is 26.1 Å². The van der Waals surface area contributed by atoms with Gasteiger partial charge in [-0.1, -0.05) is 29.8 Å². The van der Waals surface area contributed by atoms with Crippen LogP contribution in [0, 0.1) is 0 Å². The first-order chi connectivity index (χ1) is 18.2. The standard InChI is InChI=1S/C24H26ClN7O5S/c1-15(21(37-4)22-26-12-17(25)13-27-22)38(33,34)31-24-30-29-23(19-6-5-7-20(28-19)36-3)32(24)14-16-8-10-18(35-2)11-9-16/h5-13,15,21H,14H2,1-4H3,(H,30,31)/t15-,21-/m0/s1. The van der Waals surface area contributed by atoms with Gasteiger partial charge in [0.05, 0.1) is 25.8 Å². The van der Waals surface area contributed by atoms with E-state index in [1.54, 1.807) is 29.9 Å². The van der Waals surface area contributed by atoms with Gasteiger partial charge in [0.15, 0.2) is 11.6 Å². The highest BCUT2D eigenvalue weighted by Gasteiger charge is 2.34. The normalized spacial score (nSPS) is 13.1. The van der Waals surface area contributed by atoms with Gasteiger partial charge in [-0.3, -0.25) is 9.29 Å². The highest BCUT2D eigenvalue weighted by molar-refractivity contribution is 7.93. The summed E-state index contributed by atoms with van der Waals surface area (Å²) in [5.74, 6) is 1.59. The van der Waals surface area contributed by atoms with E-state index in [-0.39, 0.29) is 18.3 Å². The number of hydrogen-bond acceptors (Lipinski definition) is 10. The van der Waals surface area contributed by atoms with Gasteiger partial charge in [-0.2, -0.15) is 0 Å². The maximum absolute atomic E-state index is 13.5. The van der Waals surface area contributed by atoms with E-state index >= 15 is 0 Å². The highest BCUT2D eigenvalue weighted by Crippen LogP contribution is 2.27. The molecule has 12 nitrogen and oxygen atoms in total. The van der Waals surface area contributed by atoms with Crippen LogP contribution in [-0.2, 0) is 21.3 Å². The van der Waals surface area contributed by atoms with Crippen molar-refractivity contribution in [1.29, 1.82) is 0 Å². The van der Waals surface area contributed by atoms with Crippen molar-refractivity contribution in [1.82, 2.24) is 29.7 Å². The molecule has 1 N–H and O–H groups in total. The summed E-state index contributed by atoms with van der Waals surface area (Å²) >= 11 is 5.87. The minimum atomic E-state index is -4.07. The molecule has 0 bridgehead atoms. The van der Waals surface area contributed by atoms with Crippen LogP contribution in [0.3, 0.4) is 0 Å². The lowest BCUT2D eigenvalue weighted by Crippen LogP contribution is -2.33. The molecule has 3 aromatic heterocycles. The number of nitrogens with one attached hydrogen (secondary N) is 1. The number of halogens is 1. The molecule has 0 saturated heterocycles. The lowest BCUT2D eigenvalue weighted by Gasteiger charge is -2.22. The molecule has 0 aliphatic rings. The van der Waals surface area contributed by atoms with Crippen molar-refractivity contribution in [3.63, 3.8) is 0 Å². The Morgan fingerprint density at radius 3 is 2.34 bits per heavy atom. The van der Waals surface area contributed by atoms with E-state index < -0.39 is 21.4 Å². The molecule has 4 rings (SSSR count). The van der Waals surface area contributed by atoms with Crippen LogP contribution in [0.5, 0.6) is 11.6 Å². The minimum Gasteiger partial charge on any atom is -0.497 e. The van der Waals surface area contributed by atoms with Crippen LogP contribution < -0.4 is 14.2 Å². The summed E-state index contributed by atoms with van der Waals surface area (Å²) in [6, 6.07) is 12.5. The molecular weight excluding hydrogens is 534 g/mol. The molecule has 0 unspecified atom stereocenters. The Morgan fingerprint density at radius 2 is 1.71 bits per heavy atom. The molecule has 0 aliphatic carbocycles. The summed E-state index contributed by atoms with van der Waals surface area (Å²) in [7, 11) is 0.403. The molecule has 0 saturated carbocycles. The van der Waals surface area contributed by atoms with E-state index in [9.17, 15) is 8.42 Å². The Hall–Kier alpha value is -3.81. The number of methoxy groups -OCH3 is 3. The molecule has 0 spiro atoms. The summed E-state index contributed by atoms with van der Waals surface area (Å²) in [4.78, 5) is 12.7. The van der Waals surface area contributed by atoms with Crippen LogP contribution in [0.25, 0.3) is 11.5 Å². The van der Waals surface area contributed by atoms with Gasteiger partial charge < -0.3 is 14.2 Å². The number of hydrogen-bond donors (Lipinski definition) is 1. The van der Waals surface area contributed by atoms with Crippen LogP contribution in [0.15, 0.2) is 54.9 Å². The molecule has 38 heavy (non-hydrogen) atoms. The lowest BCUT2D eigenvalue weighted by molar-refractivity contribution is 0.0950. The topological polar surface area (TPSA) is 143 Å². The molecule has 3 heterocycles. The van der Waals surface area contributed by atoms with Gasteiger partial charge in [-0.15, -0.1) is 10.2 Å². The minimum absolute atomic E-state index is 0.000773. The molecule has 4 aromatic rings. The Bertz CT molecular complexity index is 1480. The number of anilines is 1. The van der Waals surface area contributed by atoms with Crippen LogP contribution in [0.1, 0.15) is 24.4 Å². The van der Waals surface area contributed by atoms with Crippen LogP contribution >= 0.6 is 11.6 Å². The lowest BCUT2D eigenvalue weighted by atomic mass is 10.2. The van der Waals surface area contributed by atoms with E-state index in [0.717, 1.165) is 5.56 Å². The maximum Gasteiger partial charge on any atom is 0.240 e. The smallest absolute Gasteiger partial charge is 0.240 e. The molecule has 0 fully saturated rings. The summed E-state index contributed by atoms with van der Waals surface area (Å²) in [5, 5.41) is 7.61. The van der Waals surface area contributed by atoms with Gasteiger partial charge in [-0.05, 0) is 30.7 Å². The van der Waals surface area contributed by atoms with Crippen molar-refractivity contribution >= 4 is 27.6 Å². The first kappa shape index (κ1) is 27.2. The summed E-state index contributed by atoms with van der Waals surface area (Å²) < 4.78 is 47.0. The molecule has 0 radical (unpaired) electrons. The second kappa shape index (κ2) is 11.7. The van der Waals surface area contributed by atoms with Gasteiger partial charge in [0, 0.05) is 25.6 Å². The first-order valence-corrected chi connectivity index (χ1v) is 13.3. The first-order valence-electron chi connectivity index (χ1n) is 11.3. The van der Waals surface area contributed by atoms with E-state index in [0.29, 0.717) is 28.2 Å². The quantitative estimate of drug-likeness (QED) is 0.290. The highest BCUT2D eigenvalue weighted by atomic mass is 35.5. The fourth-order valence-corrected chi connectivity index (χ4v) is 4.89. The number of benzene rings is 1. The average Bonchev–Trinajstić information content (AvgIpc) is 3.31. The Labute approximate surface area is 225 Å². The third kappa shape index (κ3) is 6.01. The second-order valence-corrected chi connectivity index (χ2v) is 10.6. The Balaban J connectivity index is 1.70. The monoisotopic (exact) mass is 559 g/mol. The van der Waals surface area contributed by atoms with Crippen molar-refractivity contribution < 1.29 is 22.6 Å². The molecule has 200 valence electrons. The zero-order valence-corrected chi connectivity index (χ0v) is 22.6. The number of rotatable bonds is 11. The SMILES string of the molecule is COc1ccc(Cn2c(NS(=O)(=O)[C@@H](C)[C@H](OC)c3ncc(Cl)cn3)nnc2-c2cccc(OC)n2)cc1. The van der Waals surface area contributed by atoms with Crippen molar-refractivity contribution in [2.45, 2.75) is 24.8 Å². The fourth-order valence-electron chi connectivity index (χ4n) is 3.64. The summed E-state index contributed by atoms with van der Waals surface area (Å²) in [5.41, 5.74) is 1.31. The van der Waals surface area contributed by atoms with E-state index in [2.05, 4.69) is 29.9 Å². The number of aromatic nitrogens is 6. The number of pyridine rings is 1. The molecular formula is C24H26ClN7O5S. The van der Waals surface area contributed by atoms with E-state index in [1.165, 1.54) is 33.5 Å². The van der Waals surface area contributed by atoms with Gasteiger partial charge in [0.2, 0.25) is 21.9 Å². The summed E-state index contributed by atoms with van der Waals surface area (Å²) in [6.07, 6.45) is 1.78. The molecule has 0 amide bonds. The van der Waals surface area contributed by atoms with Crippen LogP contribution in [0.4, 0.5) is 5.95 Å². The third-order valence-electron chi connectivity index (χ3n) is 5.71. The van der Waals surface area contributed by atoms with Gasteiger partial charge in [-0.25, -0.2) is 23.4 Å². The van der Waals surface area contributed by atoms with Crippen LogP contribution in [-0.4, -0.2) is 64.7 Å². The van der Waals surface area contributed by atoms with Gasteiger partial charge in [0.25, 0.3) is 0 Å². The van der Waals surface area contributed by atoms with E-state index in [4.69, 9.17) is 25.8 Å². The molecule has 1 aromatic carbocycles. The maximum atomic E-state index is 13.5. The van der Waals surface area contributed by atoms with Crippen LogP contribution in [0.2, 0.25) is 5.02 Å². The zero-order valence-electron chi connectivity index (χ0n) is 21.1. The number of ether oxygens (including phenoxy) is 3. The molecule has 14 heteroatoms. The number of sulfonamides is 1. The van der Waals surface area contributed by atoms with Crippen molar-refractivity contribution in [3.05, 3.63) is 71.3 Å². The van der Waals surface area contributed by atoms with Crippen molar-refractivity contribution in [3.8, 4) is 23.1 Å². The summed E-state index contributed by atoms with van der Waals surface area (Å²) in [6.45, 7) is 1.73. The predicted molar refractivity (Wildman–Crippen MR) is 141 cm³/mol. The molecule has 2 atom stereocenters. The van der Waals surface area contributed by atoms with E-state index in [1.807, 2.05) is 24.3 Å². The predicted octanol–water partition coefficient (Wildman–Crippen LogP) is 3.37. The van der Waals surface area contributed by atoms with Gasteiger partial charge in [0.1, 0.15) is 22.8 Å².